The van der Waals surface area contributed by atoms with Crippen LogP contribution in [0.3, 0.4) is 0 Å². The van der Waals surface area contributed by atoms with Crippen molar-refractivity contribution in [2.75, 3.05) is 5.32 Å². The summed E-state index contributed by atoms with van der Waals surface area (Å²) in [5.74, 6) is 2.70. The highest BCUT2D eigenvalue weighted by molar-refractivity contribution is 9.10. The fourth-order valence-electron chi connectivity index (χ4n) is 5.63. The molecular formula is C19H20BrN3O2. The van der Waals surface area contributed by atoms with Crippen LogP contribution in [0, 0.1) is 23.2 Å². The number of nitrogens with zero attached hydrogens (tertiary/aromatic N) is 2. The van der Waals surface area contributed by atoms with Gasteiger partial charge in [0, 0.05) is 10.0 Å². The van der Waals surface area contributed by atoms with Crippen LogP contribution < -0.4 is 5.32 Å². The number of carbonyl (C=O) groups excluding carboxylic acids is 1. The Morgan fingerprint density at radius 2 is 1.80 bits per heavy atom. The molecule has 1 aromatic carbocycles. The first-order valence-electron chi connectivity index (χ1n) is 9.00. The summed E-state index contributed by atoms with van der Waals surface area (Å²) in [7, 11) is 0. The second-order valence-corrected chi connectivity index (χ2v) is 8.99. The molecule has 6 heteroatoms. The number of hydrogen-bond donors (Lipinski definition) is 1. The molecule has 1 aromatic heterocycles. The third-order valence-corrected chi connectivity index (χ3v) is 6.73. The summed E-state index contributed by atoms with van der Waals surface area (Å²) in [4.78, 5) is 13.0. The van der Waals surface area contributed by atoms with Crippen molar-refractivity contribution in [3.63, 3.8) is 0 Å². The highest BCUT2D eigenvalue weighted by Crippen LogP contribution is 2.60. The molecule has 0 radical (unpaired) electrons. The van der Waals surface area contributed by atoms with Gasteiger partial charge in [-0.25, -0.2) is 0 Å². The highest BCUT2D eigenvalue weighted by atomic mass is 79.9. The van der Waals surface area contributed by atoms with Crippen molar-refractivity contribution in [2.24, 2.45) is 23.2 Å². The average Bonchev–Trinajstić information content (AvgIpc) is 3.02. The first kappa shape index (κ1) is 15.6. The zero-order valence-corrected chi connectivity index (χ0v) is 15.5. The Hall–Kier alpha value is -1.69. The third-order valence-electron chi connectivity index (χ3n) is 6.24. The molecule has 4 saturated carbocycles. The Balaban J connectivity index is 1.35. The molecule has 1 N–H and O–H groups in total. The Bertz CT molecular complexity index is 796. The summed E-state index contributed by atoms with van der Waals surface area (Å²) < 4.78 is 6.63. The van der Waals surface area contributed by atoms with E-state index in [1.165, 1.54) is 19.3 Å². The van der Waals surface area contributed by atoms with E-state index in [4.69, 9.17) is 4.42 Å². The average molecular weight is 402 g/mol. The molecule has 4 aliphatic carbocycles. The molecule has 2 aromatic rings. The van der Waals surface area contributed by atoms with Crippen molar-refractivity contribution in [3.05, 3.63) is 28.7 Å². The van der Waals surface area contributed by atoms with Crippen molar-refractivity contribution in [3.8, 4) is 11.5 Å². The molecule has 1 heterocycles. The zero-order valence-electron chi connectivity index (χ0n) is 13.9. The maximum absolute atomic E-state index is 13.0. The van der Waals surface area contributed by atoms with Crippen LogP contribution in [0.5, 0.6) is 0 Å². The van der Waals surface area contributed by atoms with Crippen LogP contribution in [0.25, 0.3) is 11.5 Å². The molecule has 4 fully saturated rings. The minimum Gasteiger partial charge on any atom is -0.403 e. The van der Waals surface area contributed by atoms with Crippen LogP contribution in [0.4, 0.5) is 6.01 Å². The van der Waals surface area contributed by atoms with Crippen molar-refractivity contribution in [1.82, 2.24) is 10.2 Å². The van der Waals surface area contributed by atoms with Crippen molar-refractivity contribution < 1.29 is 9.21 Å². The van der Waals surface area contributed by atoms with Gasteiger partial charge in [0.25, 0.3) is 0 Å². The fourth-order valence-corrected chi connectivity index (χ4v) is 6.03. The Labute approximate surface area is 154 Å². The molecule has 0 unspecified atom stereocenters. The monoisotopic (exact) mass is 401 g/mol. The lowest BCUT2D eigenvalue weighted by molar-refractivity contribution is -0.140. The van der Waals surface area contributed by atoms with E-state index >= 15 is 0 Å². The van der Waals surface area contributed by atoms with Gasteiger partial charge >= 0.3 is 6.01 Å². The van der Waals surface area contributed by atoms with Crippen LogP contribution in [0.1, 0.15) is 38.5 Å². The quantitative estimate of drug-likeness (QED) is 0.811. The van der Waals surface area contributed by atoms with Gasteiger partial charge in [0.1, 0.15) is 0 Å². The van der Waals surface area contributed by atoms with E-state index in [2.05, 4.69) is 31.4 Å². The van der Waals surface area contributed by atoms with Gasteiger partial charge in [-0.2, -0.15) is 0 Å². The standard InChI is InChI=1S/C19H20BrN3O2/c20-15-3-1-2-14(7-15)16-22-23-18(25-16)21-17(24)19-8-11-4-12(9-19)6-13(5-11)10-19/h1-3,7,11-13H,4-6,8-10H2,(H,21,23,24). The maximum Gasteiger partial charge on any atom is 0.322 e. The summed E-state index contributed by atoms with van der Waals surface area (Å²) in [5, 5.41) is 11.0. The van der Waals surface area contributed by atoms with Crippen LogP contribution in [-0.4, -0.2) is 16.1 Å². The van der Waals surface area contributed by atoms with Gasteiger partial charge in [-0.3, -0.25) is 10.1 Å². The second kappa shape index (κ2) is 5.66. The third kappa shape index (κ3) is 2.71. The Morgan fingerprint density at radius 1 is 1.12 bits per heavy atom. The van der Waals surface area contributed by atoms with Gasteiger partial charge in [0.05, 0.1) is 5.41 Å². The second-order valence-electron chi connectivity index (χ2n) is 8.07. The maximum atomic E-state index is 13.0. The van der Waals surface area contributed by atoms with Crippen LogP contribution >= 0.6 is 15.9 Å². The molecule has 6 rings (SSSR count). The predicted molar refractivity (Wildman–Crippen MR) is 96.7 cm³/mol. The van der Waals surface area contributed by atoms with Gasteiger partial charge in [-0.05, 0) is 74.5 Å². The number of amides is 1. The normalized spacial score (nSPS) is 32.8. The van der Waals surface area contributed by atoms with Crippen LogP contribution in [0.2, 0.25) is 0 Å². The topological polar surface area (TPSA) is 68.0 Å². The predicted octanol–water partition coefficient (Wildman–Crippen LogP) is 4.65. The zero-order chi connectivity index (χ0) is 17.0. The number of nitrogens with one attached hydrogen (secondary N) is 1. The number of halogens is 1. The van der Waals surface area contributed by atoms with Crippen molar-refractivity contribution in [1.29, 1.82) is 0 Å². The number of hydrogen-bond acceptors (Lipinski definition) is 4. The first-order chi connectivity index (χ1) is 12.1. The molecule has 25 heavy (non-hydrogen) atoms. The smallest absolute Gasteiger partial charge is 0.322 e. The Kier molecular flexibility index (Phi) is 3.52. The summed E-state index contributed by atoms with van der Waals surface area (Å²) in [6.07, 6.45) is 7.03. The van der Waals surface area contributed by atoms with Crippen molar-refractivity contribution in [2.45, 2.75) is 38.5 Å². The first-order valence-corrected chi connectivity index (χ1v) is 9.80. The lowest BCUT2D eigenvalue weighted by Crippen LogP contribution is -2.51. The lowest BCUT2D eigenvalue weighted by atomic mass is 9.49. The SMILES string of the molecule is O=C(Nc1nnc(-c2cccc(Br)c2)o1)C12CC3CC(CC(C3)C1)C2. The molecule has 0 aliphatic heterocycles. The number of rotatable bonds is 3. The molecule has 1 amide bonds. The molecule has 5 nitrogen and oxygen atoms in total. The summed E-state index contributed by atoms with van der Waals surface area (Å²) in [6, 6.07) is 7.88. The minimum atomic E-state index is -0.209. The van der Waals surface area contributed by atoms with E-state index in [-0.39, 0.29) is 17.3 Å². The molecular weight excluding hydrogens is 382 g/mol. The van der Waals surface area contributed by atoms with Gasteiger partial charge in [0.15, 0.2) is 0 Å². The van der Waals surface area contributed by atoms with E-state index in [1.54, 1.807) is 0 Å². The van der Waals surface area contributed by atoms with Crippen molar-refractivity contribution >= 4 is 27.9 Å². The summed E-state index contributed by atoms with van der Waals surface area (Å²) in [6.45, 7) is 0. The molecule has 0 atom stereocenters. The van der Waals surface area contributed by atoms with E-state index in [0.29, 0.717) is 5.89 Å². The number of anilines is 1. The minimum absolute atomic E-state index is 0.0797. The molecule has 0 spiro atoms. The van der Waals surface area contributed by atoms with E-state index < -0.39 is 0 Å². The van der Waals surface area contributed by atoms with Gasteiger partial charge in [-0.15, -0.1) is 5.10 Å². The number of aromatic nitrogens is 2. The van der Waals surface area contributed by atoms with Crippen LogP contribution in [0.15, 0.2) is 33.2 Å². The van der Waals surface area contributed by atoms with Gasteiger partial charge < -0.3 is 4.42 Å². The number of benzene rings is 1. The van der Waals surface area contributed by atoms with E-state index in [9.17, 15) is 4.79 Å². The Morgan fingerprint density at radius 3 is 2.44 bits per heavy atom. The molecule has 4 aliphatic rings. The molecule has 4 bridgehead atoms. The number of carbonyl (C=O) groups is 1. The largest absolute Gasteiger partial charge is 0.403 e. The van der Waals surface area contributed by atoms with E-state index in [0.717, 1.165) is 47.1 Å². The molecule has 130 valence electrons. The van der Waals surface area contributed by atoms with Gasteiger partial charge in [-0.1, -0.05) is 27.1 Å². The summed E-state index contributed by atoms with van der Waals surface area (Å²) in [5.41, 5.74) is 0.622. The fraction of sp³-hybridized carbons (Fsp3) is 0.526. The highest BCUT2D eigenvalue weighted by Gasteiger charge is 2.54. The lowest BCUT2D eigenvalue weighted by Gasteiger charge is -2.55. The summed E-state index contributed by atoms with van der Waals surface area (Å²) >= 11 is 3.44. The van der Waals surface area contributed by atoms with Crippen LogP contribution in [-0.2, 0) is 4.79 Å². The van der Waals surface area contributed by atoms with Gasteiger partial charge in [0.2, 0.25) is 11.8 Å². The molecule has 0 saturated heterocycles. The van der Waals surface area contributed by atoms with E-state index in [1.807, 2.05) is 24.3 Å².